The number of halogens is 1. The van der Waals surface area contributed by atoms with Crippen LogP contribution in [-0.4, -0.2) is 16.0 Å². The molecule has 2 nitrogen and oxygen atoms in total. The minimum Gasteiger partial charge on any atom is -0.312 e. The van der Waals surface area contributed by atoms with Crippen LogP contribution in [0.15, 0.2) is 11.7 Å². The zero-order valence-corrected chi connectivity index (χ0v) is 9.90. The van der Waals surface area contributed by atoms with Gasteiger partial charge in [-0.05, 0) is 23.8 Å². The van der Waals surface area contributed by atoms with Gasteiger partial charge in [0.1, 0.15) is 0 Å². The van der Waals surface area contributed by atoms with Crippen molar-refractivity contribution in [1.29, 1.82) is 0 Å². The summed E-state index contributed by atoms with van der Waals surface area (Å²) < 4.78 is 1.26. The second-order valence-electron chi connectivity index (χ2n) is 2.54. The Bertz CT molecular complexity index is 189. The van der Waals surface area contributed by atoms with Crippen LogP contribution in [0.25, 0.3) is 0 Å². The van der Waals surface area contributed by atoms with E-state index >= 15 is 0 Å². The Kier molecular flexibility index (Phi) is 5.89. The molecular formula is C8H13IN2S. The van der Waals surface area contributed by atoms with Crippen molar-refractivity contribution in [3.8, 4) is 0 Å². The summed E-state index contributed by atoms with van der Waals surface area (Å²) >= 11 is 4.13. The molecule has 4 heteroatoms. The van der Waals surface area contributed by atoms with E-state index in [1.54, 1.807) is 11.3 Å². The van der Waals surface area contributed by atoms with Gasteiger partial charge >= 0.3 is 0 Å². The summed E-state index contributed by atoms with van der Waals surface area (Å²) in [5.41, 5.74) is 1.88. The summed E-state index contributed by atoms with van der Waals surface area (Å²) in [6.07, 6.45) is 4.52. The third-order valence-corrected chi connectivity index (χ3v) is 3.06. The van der Waals surface area contributed by atoms with Gasteiger partial charge in [-0.3, -0.25) is 4.98 Å². The first kappa shape index (κ1) is 10.4. The second-order valence-corrected chi connectivity index (χ2v) is 4.59. The van der Waals surface area contributed by atoms with Gasteiger partial charge in [0.25, 0.3) is 0 Å². The average Bonchev–Trinajstić information content (AvgIpc) is 2.57. The molecule has 0 aliphatic rings. The van der Waals surface area contributed by atoms with Crippen LogP contribution in [0.2, 0.25) is 0 Å². The van der Waals surface area contributed by atoms with E-state index in [-0.39, 0.29) is 0 Å². The molecule has 1 aromatic rings. The van der Waals surface area contributed by atoms with Gasteiger partial charge in [-0.25, -0.2) is 0 Å². The maximum atomic E-state index is 4.01. The van der Waals surface area contributed by atoms with Crippen molar-refractivity contribution in [2.75, 3.05) is 11.0 Å². The van der Waals surface area contributed by atoms with Gasteiger partial charge in [-0.15, -0.1) is 11.3 Å². The summed E-state index contributed by atoms with van der Waals surface area (Å²) in [7, 11) is 0. The predicted octanol–water partition coefficient (Wildman–Crippen LogP) is 2.45. The van der Waals surface area contributed by atoms with Crippen molar-refractivity contribution in [3.05, 3.63) is 16.6 Å². The van der Waals surface area contributed by atoms with Gasteiger partial charge in [-0.2, -0.15) is 0 Å². The summed E-state index contributed by atoms with van der Waals surface area (Å²) in [5, 5.41) is 3.39. The summed E-state index contributed by atoms with van der Waals surface area (Å²) in [4.78, 5) is 5.34. The van der Waals surface area contributed by atoms with E-state index in [9.17, 15) is 0 Å². The smallest absolute Gasteiger partial charge is 0.0794 e. The number of rotatable bonds is 6. The lowest BCUT2D eigenvalue weighted by Crippen LogP contribution is -2.13. The Morgan fingerprint density at radius 3 is 3.08 bits per heavy atom. The molecule has 0 aliphatic heterocycles. The highest BCUT2D eigenvalue weighted by atomic mass is 127. The maximum Gasteiger partial charge on any atom is 0.0794 e. The topological polar surface area (TPSA) is 24.9 Å². The summed E-state index contributed by atoms with van der Waals surface area (Å²) in [5.74, 6) is 0. The van der Waals surface area contributed by atoms with Gasteiger partial charge in [0.15, 0.2) is 0 Å². The molecule has 0 saturated carbocycles. The Balaban J connectivity index is 1.96. The Hall–Kier alpha value is 0.320. The van der Waals surface area contributed by atoms with Crippen LogP contribution in [-0.2, 0) is 6.54 Å². The van der Waals surface area contributed by atoms with Gasteiger partial charge < -0.3 is 5.32 Å². The first-order valence-electron chi connectivity index (χ1n) is 4.07. The molecular weight excluding hydrogens is 283 g/mol. The number of alkyl halides is 1. The molecule has 0 atom stereocenters. The van der Waals surface area contributed by atoms with E-state index in [0.717, 1.165) is 13.1 Å². The fourth-order valence-electron chi connectivity index (χ4n) is 0.886. The molecule has 1 aromatic heterocycles. The maximum absolute atomic E-state index is 4.01. The zero-order valence-electron chi connectivity index (χ0n) is 6.92. The molecule has 0 unspecified atom stereocenters. The molecule has 0 fully saturated rings. The van der Waals surface area contributed by atoms with Crippen LogP contribution in [0.4, 0.5) is 0 Å². The van der Waals surface area contributed by atoms with Crippen molar-refractivity contribution in [1.82, 2.24) is 10.3 Å². The molecule has 12 heavy (non-hydrogen) atoms. The lowest BCUT2D eigenvalue weighted by atomic mass is 10.3. The van der Waals surface area contributed by atoms with Crippen molar-refractivity contribution in [2.45, 2.75) is 19.4 Å². The van der Waals surface area contributed by atoms with Crippen LogP contribution >= 0.6 is 33.9 Å². The number of nitrogens with one attached hydrogen (secondary N) is 1. The van der Waals surface area contributed by atoms with Crippen LogP contribution in [0.5, 0.6) is 0 Å². The van der Waals surface area contributed by atoms with Crippen molar-refractivity contribution in [2.24, 2.45) is 0 Å². The minimum atomic E-state index is 0.978. The van der Waals surface area contributed by atoms with Crippen LogP contribution < -0.4 is 5.32 Å². The minimum absolute atomic E-state index is 0.978. The quantitative estimate of drug-likeness (QED) is 0.495. The SMILES string of the molecule is ICCCCNCc1cncs1. The lowest BCUT2D eigenvalue weighted by molar-refractivity contribution is 0.650. The molecule has 0 spiro atoms. The summed E-state index contributed by atoms with van der Waals surface area (Å²) in [6, 6.07) is 0. The highest BCUT2D eigenvalue weighted by molar-refractivity contribution is 14.1. The largest absolute Gasteiger partial charge is 0.312 e. The lowest BCUT2D eigenvalue weighted by Gasteiger charge is -2.00. The third-order valence-electron chi connectivity index (χ3n) is 1.52. The number of nitrogens with zero attached hydrogens (tertiary/aromatic N) is 1. The number of hydrogen-bond acceptors (Lipinski definition) is 3. The molecule has 68 valence electrons. The van der Waals surface area contributed by atoms with E-state index in [0.29, 0.717) is 0 Å². The van der Waals surface area contributed by atoms with Crippen molar-refractivity contribution in [3.63, 3.8) is 0 Å². The van der Waals surface area contributed by atoms with Gasteiger partial charge in [0, 0.05) is 17.6 Å². The normalized spacial score (nSPS) is 10.4. The predicted molar refractivity (Wildman–Crippen MR) is 61.9 cm³/mol. The fourth-order valence-corrected chi connectivity index (χ4v) is 1.99. The Labute approximate surface area is 90.9 Å². The average molecular weight is 296 g/mol. The van der Waals surface area contributed by atoms with E-state index in [2.05, 4.69) is 32.9 Å². The van der Waals surface area contributed by atoms with Crippen molar-refractivity contribution >= 4 is 33.9 Å². The summed E-state index contributed by atoms with van der Waals surface area (Å²) in [6.45, 7) is 2.10. The van der Waals surface area contributed by atoms with Crippen LogP contribution in [0.3, 0.4) is 0 Å². The van der Waals surface area contributed by atoms with Crippen molar-refractivity contribution < 1.29 is 0 Å². The monoisotopic (exact) mass is 296 g/mol. The molecule has 0 bridgehead atoms. The van der Waals surface area contributed by atoms with Crippen LogP contribution in [0.1, 0.15) is 17.7 Å². The van der Waals surface area contributed by atoms with E-state index in [1.807, 2.05) is 11.7 Å². The molecule has 1 N–H and O–H groups in total. The number of unbranched alkanes of at least 4 members (excludes halogenated alkanes) is 1. The first-order chi connectivity index (χ1) is 5.93. The highest BCUT2D eigenvalue weighted by Gasteiger charge is 1.92. The first-order valence-corrected chi connectivity index (χ1v) is 6.48. The standard InChI is InChI=1S/C8H13IN2S/c9-3-1-2-4-10-5-8-6-11-7-12-8/h6-7,10H,1-5H2. The zero-order chi connectivity index (χ0) is 8.65. The van der Waals surface area contributed by atoms with E-state index < -0.39 is 0 Å². The molecule has 0 amide bonds. The number of thiazole rings is 1. The van der Waals surface area contributed by atoms with Gasteiger partial charge in [0.2, 0.25) is 0 Å². The molecule has 0 radical (unpaired) electrons. The fraction of sp³-hybridized carbons (Fsp3) is 0.625. The molecule has 0 aliphatic carbocycles. The molecule has 0 aromatic carbocycles. The highest BCUT2D eigenvalue weighted by Crippen LogP contribution is 2.04. The third kappa shape index (κ3) is 4.37. The second kappa shape index (κ2) is 6.80. The Morgan fingerprint density at radius 1 is 1.50 bits per heavy atom. The number of hydrogen-bond donors (Lipinski definition) is 1. The van der Waals surface area contributed by atoms with Gasteiger partial charge in [-0.1, -0.05) is 22.6 Å². The Morgan fingerprint density at radius 2 is 2.42 bits per heavy atom. The number of aromatic nitrogens is 1. The molecule has 0 saturated heterocycles. The van der Waals surface area contributed by atoms with Crippen LogP contribution in [0, 0.1) is 0 Å². The molecule has 1 heterocycles. The van der Waals surface area contributed by atoms with E-state index in [1.165, 1.54) is 22.1 Å². The van der Waals surface area contributed by atoms with E-state index in [4.69, 9.17) is 0 Å². The van der Waals surface area contributed by atoms with Gasteiger partial charge in [0.05, 0.1) is 5.51 Å². The molecule has 1 rings (SSSR count).